The van der Waals surface area contributed by atoms with Gasteiger partial charge in [0.05, 0.1) is 19.3 Å². The van der Waals surface area contributed by atoms with Gasteiger partial charge < -0.3 is 20.1 Å². The van der Waals surface area contributed by atoms with Crippen molar-refractivity contribution in [1.82, 2.24) is 10.6 Å². The number of hydrogen-bond donors (Lipinski definition) is 2. The molecule has 0 fully saturated rings. The minimum atomic E-state index is -0.216. The van der Waals surface area contributed by atoms with Gasteiger partial charge in [0.15, 0.2) is 0 Å². The molecular weight excluding hydrogens is 328 g/mol. The van der Waals surface area contributed by atoms with Crippen LogP contribution in [0.25, 0.3) is 0 Å². The molecule has 140 valence electrons. The van der Waals surface area contributed by atoms with Crippen LogP contribution in [0, 0.1) is 0 Å². The molecule has 2 rings (SSSR count). The van der Waals surface area contributed by atoms with Crippen LogP contribution in [0.4, 0.5) is 4.79 Å². The first kappa shape index (κ1) is 19.8. The quantitative estimate of drug-likeness (QED) is 0.788. The average molecular weight is 356 g/mol. The van der Waals surface area contributed by atoms with E-state index in [1.165, 1.54) is 0 Å². The normalized spacial score (nSPS) is 11.1. The van der Waals surface area contributed by atoms with E-state index in [1.54, 1.807) is 7.11 Å². The monoisotopic (exact) mass is 356 g/mol. The van der Waals surface area contributed by atoms with Crippen molar-refractivity contribution in [3.05, 3.63) is 65.2 Å². The summed E-state index contributed by atoms with van der Waals surface area (Å²) in [5.41, 5.74) is 2.89. The van der Waals surface area contributed by atoms with Crippen LogP contribution in [0.5, 0.6) is 5.75 Å². The van der Waals surface area contributed by atoms with E-state index in [0.717, 1.165) is 22.4 Å². The maximum absolute atomic E-state index is 12.0. The largest absolute Gasteiger partial charge is 0.496 e. The van der Waals surface area contributed by atoms with E-state index >= 15 is 0 Å². The van der Waals surface area contributed by atoms with Crippen LogP contribution in [-0.2, 0) is 24.4 Å². The number of benzene rings is 2. The van der Waals surface area contributed by atoms with Gasteiger partial charge in [-0.2, -0.15) is 0 Å². The van der Waals surface area contributed by atoms with Crippen molar-refractivity contribution in [3.63, 3.8) is 0 Å². The number of amides is 2. The zero-order chi connectivity index (χ0) is 19.0. The molecule has 0 heterocycles. The average Bonchev–Trinajstić information content (AvgIpc) is 2.63. The van der Waals surface area contributed by atoms with Gasteiger partial charge in [0.2, 0.25) is 0 Å². The number of methoxy groups -OCH3 is 1. The molecule has 26 heavy (non-hydrogen) atoms. The fourth-order valence-corrected chi connectivity index (χ4v) is 2.40. The van der Waals surface area contributed by atoms with Crippen molar-refractivity contribution in [2.24, 2.45) is 0 Å². The fraction of sp³-hybridized carbons (Fsp3) is 0.381. The summed E-state index contributed by atoms with van der Waals surface area (Å²) in [6.45, 7) is 7.52. The Labute approximate surface area is 155 Å². The van der Waals surface area contributed by atoms with E-state index in [9.17, 15) is 4.79 Å². The number of carbonyl (C=O) groups is 1. The van der Waals surface area contributed by atoms with Gasteiger partial charge in [0.25, 0.3) is 0 Å². The Kier molecular flexibility index (Phi) is 7.04. The molecule has 0 aliphatic rings. The summed E-state index contributed by atoms with van der Waals surface area (Å²) in [6.07, 6.45) is 0. The van der Waals surface area contributed by atoms with E-state index in [-0.39, 0.29) is 11.6 Å². The standard InChI is InChI=1S/C21H28N2O3/c1-21(2,3)26-15-17-9-7-8-16(12-17)13-22-20(24)23-14-18-10-5-6-11-19(18)25-4/h5-12H,13-15H2,1-4H3,(H2,22,23,24). The van der Waals surface area contributed by atoms with Crippen molar-refractivity contribution >= 4 is 6.03 Å². The van der Waals surface area contributed by atoms with Crippen LogP contribution in [-0.4, -0.2) is 18.7 Å². The van der Waals surface area contributed by atoms with Crippen LogP contribution >= 0.6 is 0 Å². The van der Waals surface area contributed by atoms with Gasteiger partial charge in [0.1, 0.15) is 5.75 Å². The van der Waals surface area contributed by atoms with Crippen molar-refractivity contribution in [3.8, 4) is 5.75 Å². The summed E-state index contributed by atoms with van der Waals surface area (Å²) in [4.78, 5) is 12.0. The van der Waals surface area contributed by atoms with Crippen molar-refractivity contribution in [2.75, 3.05) is 7.11 Å². The van der Waals surface area contributed by atoms with Crippen LogP contribution in [0.2, 0.25) is 0 Å². The number of urea groups is 1. The van der Waals surface area contributed by atoms with Gasteiger partial charge in [-0.1, -0.05) is 42.5 Å². The number of ether oxygens (including phenoxy) is 2. The molecule has 2 N–H and O–H groups in total. The molecule has 2 aromatic rings. The number of hydrogen-bond acceptors (Lipinski definition) is 3. The summed E-state index contributed by atoms with van der Waals surface area (Å²) < 4.78 is 11.1. The van der Waals surface area contributed by atoms with Crippen molar-refractivity contribution < 1.29 is 14.3 Å². The predicted octanol–water partition coefficient (Wildman–Crippen LogP) is 4.01. The van der Waals surface area contributed by atoms with E-state index in [1.807, 2.05) is 69.3 Å². The Bertz CT molecular complexity index is 723. The summed E-state index contributed by atoms with van der Waals surface area (Å²) >= 11 is 0. The number of carbonyl (C=O) groups excluding carboxylic acids is 1. The second-order valence-corrected chi connectivity index (χ2v) is 7.07. The first-order valence-electron chi connectivity index (χ1n) is 8.73. The van der Waals surface area contributed by atoms with Gasteiger partial charge in [-0.05, 0) is 38.0 Å². The molecular formula is C21H28N2O3. The summed E-state index contributed by atoms with van der Waals surface area (Å²) in [7, 11) is 1.62. The van der Waals surface area contributed by atoms with Crippen molar-refractivity contribution in [1.29, 1.82) is 0 Å². The van der Waals surface area contributed by atoms with E-state index in [4.69, 9.17) is 9.47 Å². The van der Waals surface area contributed by atoms with E-state index in [2.05, 4.69) is 10.6 Å². The smallest absolute Gasteiger partial charge is 0.315 e. The molecule has 2 aromatic carbocycles. The fourth-order valence-electron chi connectivity index (χ4n) is 2.40. The molecule has 5 heteroatoms. The second kappa shape index (κ2) is 9.25. The van der Waals surface area contributed by atoms with Gasteiger partial charge >= 0.3 is 6.03 Å². The summed E-state index contributed by atoms with van der Waals surface area (Å²) in [6, 6.07) is 15.4. The number of rotatable bonds is 7. The molecule has 0 radical (unpaired) electrons. The Hall–Kier alpha value is -2.53. The lowest BCUT2D eigenvalue weighted by molar-refractivity contribution is -0.0149. The lowest BCUT2D eigenvalue weighted by atomic mass is 10.1. The highest BCUT2D eigenvalue weighted by Crippen LogP contribution is 2.16. The van der Waals surface area contributed by atoms with E-state index < -0.39 is 0 Å². The molecule has 0 aliphatic heterocycles. The van der Waals surface area contributed by atoms with Crippen LogP contribution < -0.4 is 15.4 Å². The molecule has 0 aliphatic carbocycles. The number of para-hydroxylation sites is 1. The van der Waals surface area contributed by atoms with Gasteiger partial charge in [0, 0.05) is 18.7 Å². The van der Waals surface area contributed by atoms with E-state index in [0.29, 0.717) is 19.7 Å². The van der Waals surface area contributed by atoms with Crippen LogP contribution in [0.15, 0.2) is 48.5 Å². The minimum Gasteiger partial charge on any atom is -0.496 e. The maximum atomic E-state index is 12.0. The summed E-state index contributed by atoms with van der Waals surface area (Å²) in [5, 5.41) is 5.72. The topological polar surface area (TPSA) is 59.6 Å². The maximum Gasteiger partial charge on any atom is 0.315 e. The molecule has 0 aromatic heterocycles. The number of nitrogens with one attached hydrogen (secondary N) is 2. The minimum absolute atomic E-state index is 0.174. The predicted molar refractivity (Wildman–Crippen MR) is 103 cm³/mol. The van der Waals surface area contributed by atoms with Gasteiger partial charge in [-0.15, -0.1) is 0 Å². The Morgan fingerprint density at radius 2 is 1.65 bits per heavy atom. The van der Waals surface area contributed by atoms with Gasteiger partial charge in [-0.3, -0.25) is 0 Å². The summed E-state index contributed by atoms with van der Waals surface area (Å²) in [5.74, 6) is 0.763. The van der Waals surface area contributed by atoms with Crippen LogP contribution in [0.1, 0.15) is 37.5 Å². The lowest BCUT2D eigenvalue weighted by Crippen LogP contribution is -2.34. The first-order chi connectivity index (χ1) is 12.4. The molecule has 0 spiro atoms. The zero-order valence-electron chi connectivity index (χ0n) is 16.0. The molecule has 0 saturated carbocycles. The molecule has 2 amide bonds. The van der Waals surface area contributed by atoms with Crippen LogP contribution in [0.3, 0.4) is 0 Å². The zero-order valence-corrected chi connectivity index (χ0v) is 16.0. The molecule has 5 nitrogen and oxygen atoms in total. The second-order valence-electron chi connectivity index (χ2n) is 7.07. The highest BCUT2D eigenvalue weighted by Gasteiger charge is 2.10. The Morgan fingerprint density at radius 3 is 2.38 bits per heavy atom. The lowest BCUT2D eigenvalue weighted by Gasteiger charge is -2.19. The third-order valence-electron chi connectivity index (χ3n) is 3.75. The third-order valence-corrected chi connectivity index (χ3v) is 3.75. The SMILES string of the molecule is COc1ccccc1CNC(=O)NCc1cccc(COC(C)(C)C)c1. The molecule has 0 saturated heterocycles. The van der Waals surface area contributed by atoms with Gasteiger partial charge in [-0.25, -0.2) is 4.79 Å². The first-order valence-corrected chi connectivity index (χ1v) is 8.73. The highest BCUT2D eigenvalue weighted by molar-refractivity contribution is 5.73. The molecule has 0 unspecified atom stereocenters. The highest BCUT2D eigenvalue weighted by atomic mass is 16.5. The molecule has 0 atom stereocenters. The Morgan fingerprint density at radius 1 is 0.962 bits per heavy atom. The Balaban J connectivity index is 1.82. The van der Waals surface area contributed by atoms with Crippen molar-refractivity contribution in [2.45, 2.75) is 46.1 Å². The third kappa shape index (κ3) is 6.76. The molecule has 0 bridgehead atoms.